The average molecular weight is 463 g/mol. The summed E-state index contributed by atoms with van der Waals surface area (Å²) in [4.78, 5) is 23.1. The molecule has 1 aliphatic heterocycles. The SMILES string of the molecule is C=CC(=O)Cc1cc2c(Nc3cccc(Cl)c3F)ncnc2cc1C#C[C@@]1(C)CCCN1C. The number of likely N-dealkylation sites (tertiary alicyclic amines) is 1. The zero-order chi connectivity index (χ0) is 23.6. The molecule has 0 bridgehead atoms. The first-order valence-corrected chi connectivity index (χ1v) is 11.1. The highest BCUT2D eigenvalue weighted by Crippen LogP contribution is 2.30. The summed E-state index contributed by atoms with van der Waals surface area (Å²) in [6.45, 7) is 6.72. The molecule has 4 rings (SSSR count). The van der Waals surface area contributed by atoms with Crippen LogP contribution in [0.5, 0.6) is 0 Å². The van der Waals surface area contributed by atoms with E-state index in [4.69, 9.17) is 11.6 Å². The zero-order valence-electron chi connectivity index (χ0n) is 18.6. The van der Waals surface area contributed by atoms with E-state index in [1.165, 1.54) is 18.5 Å². The number of nitrogens with zero attached hydrogens (tertiary/aromatic N) is 3. The van der Waals surface area contributed by atoms with Crippen molar-refractivity contribution in [3.63, 3.8) is 0 Å². The minimum absolute atomic E-state index is 0.0126. The number of hydrogen-bond donors (Lipinski definition) is 1. The van der Waals surface area contributed by atoms with Gasteiger partial charge in [-0.2, -0.15) is 0 Å². The van der Waals surface area contributed by atoms with Crippen LogP contribution in [0.1, 0.15) is 30.9 Å². The molecule has 0 spiro atoms. The molecule has 33 heavy (non-hydrogen) atoms. The maximum atomic E-state index is 14.4. The van der Waals surface area contributed by atoms with E-state index in [9.17, 15) is 9.18 Å². The van der Waals surface area contributed by atoms with Crippen molar-refractivity contribution in [3.05, 3.63) is 71.3 Å². The summed E-state index contributed by atoms with van der Waals surface area (Å²) < 4.78 is 14.4. The molecule has 1 fully saturated rings. The normalized spacial score (nSPS) is 18.1. The van der Waals surface area contributed by atoms with Crippen molar-refractivity contribution in [2.24, 2.45) is 0 Å². The van der Waals surface area contributed by atoms with Gasteiger partial charge < -0.3 is 5.32 Å². The molecular formula is C26H24ClFN4O. The monoisotopic (exact) mass is 462 g/mol. The van der Waals surface area contributed by atoms with Gasteiger partial charge in [0.1, 0.15) is 12.1 Å². The Morgan fingerprint density at radius 3 is 2.94 bits per heavy atom. The molecule has 7 heteroatoms. The second kappa shape index (κ2) is 9.30. The highest BCUT2D eigenvalue weighted by molar-refractivity contribution is 6.31. The summed E-state index contributed by atoms with van der Waals surface area (Å²) in [7, 11) is 2.07. The number of ketones is 1. The molecule has 2 aromatic carbocycles. The number of fused-ring (bicyclic) bond motifs is 1. The maximum absolute atomic E-state index is 14.4. The van der Waals surface area contributed by atoms with E-state index in [2.05, 4.69) is 52.6 Å². The molecular weight excluding hydrogens is 439 g/mol. The minimum Gasteiger partial charge on any atom is -0.337 e. The number of aromatic nitrogens is 2. The number of rotatable bonds is 5. The van der Waals surface area contributed by atoms with Gasteiger partial charge in [-0.15, -0.1) is 0 Å². The zero-order valence-corrected chi connectivity index (χ0v) is 19.3. The first-order valence-electron chi connectivity index (χ1n) is 10.7. The van der Waals surface area contributed by atoms with Gasteiger partial charge >= 0.3 is 0 Å². The van der Waals surface area contributed by atoms with E-state index in [-0.39, 0.29) is 28.5 Å². The standard InChI is InChI=1S/C26H24ClFN4O/c1-4-19(33)13-18-14-20-23(15-17(18)9-11-26(2)10-6-12-32(26)3)29-16-30-25(20)31-22-8-5-7-21(27)24(22)28/h4-5,7-8,14-16H,1,6,10,12-13H2,2-3H3,(H,29,30,31)/t26-/m1/s1. The Hall–Kier alpha value is -3.27. The van der Waals surface area contributed by atoms with Crippen molar-refractivity contribution in [1.82, 2.24) is 14.9 Å². The lowest BCUT2D eigenvalue weighted by atomic mass is 9.96. The molecule has 1 atom stereocenters. The Kier molecular flexibility index (Phi) is 6.46. The molecule has 0 amide bonds. The molecule has 3 aromatic rings. The molecule has 168 valence electrons. The molecule has 0 radical (unpaired) electrons. The van der Waals surface area contributed by atoms with Gasteiger partial charge in [-0.3, -0.25) is 9.69 Å². The lowest BCUT2D eigenvalue weighted by Crippen LogP contribution is -2.36. The fraction of sp³-hybridized carbons (Fsp3) is 0.269. The Bertz CT molecular complexity index is 1310. The maximum Gasteiger partial charge on any atom is 0.165 e. The van der Waals surface area contributed by atoms with Crippen molar-refractivity contribution < 1.29 is 9.18 Å². The first-order chi connectivity index (χ1) is 15.8. The van der Waals surface area contributed by atoms with Crippen molar-refractivity contribution in [3.8, 4) is 11.8 Å². The number of halogens is 2. The highest BCUT2D eigenvalue weighted by Gasteiger charge is 2.31. The van der Waals surface area contributed by atoms with Gasteiger partial charge in [0.05, 0.1) is 21.8 Å². The Balaban J connectivity index is 1.81. The molecule has 0 saturated carbocycles. The third-order valence-electron chi connectivity index (χ3n) is 6.12. The van der Waals surface area contributed by atoms with Crippen LogP contribution in [0.4, 0.5) is 15.9 Å². The third-order valence-corrected chi connectivity index (χ3v) is 6.42. The van der Waals surface area contributed by atoms with Gasteiger partial charge in [0.2, 0.25) is 0 Å². The quantitative estimate of drug-likeness (QED) is 0.412. The third kappa shape index (κ3) is 4.75. The fourth-order valence-corrected chi connectivity index (χ4v) is 4.13. The number of allylic oxidation sites excluding steroid dienone is 1. The molecule has 1 aromatic heterocycles. The molecule has 1 saturated heterocycles. The molecule has 5 nitrogen and oxygen atoms in total. The van der Waals surface area contributed by atoms with E-state index in [1.807, 2.05) is 12.1 Å². The van der Waals surface area contributed by atoms with Crippen molar-refractivity contribution in [2.45, 2.75) is 31.7 Å². The van der Waals surface area contributed by atoms with E-state index >= 15 is 0 Å². The van der Waals surface area contributed by atoms with Crippen LogP contribution < -0.4 is 5.32 Å². The Labute approximate surface area is 197 Å². The molecule has 2 heterocycles. The largest absolute Gasteiger partial charge is 0.337 e. The predicted molar refractivity (Wildman–Crippen MR) is 130 cm³/mol. The summed E-state index contributed by atoms with van der Waals surface area (Å²) in [5.41, 5.74) is 2.11. The Morgan fingerprint density at radius 2 is 2.21 bits per heavy atom. The predicted octanol–water partition coefficient (Wildman–Crippen LogP) is 5.30. The number of hydrogen-bond acceptors (Lipinski definition) is 5. The summed E-state index contributed by atoms with van der Waals surface area (Å²) in [5.74, 6) is 6.43. The van der Waals surface area contributed by atoms with Gasteiger partial charge in [0.25, 0.3) is 0 Å². The number of carbonyl (C=O) groups is 1. The molecule has 1 aliphatic rings. The van der Waals surface area contributed by atoms with E-state index in [1.54, 1.807) is 12.1 Å². The summed E-state index contributed by atoms with van der Waals surface area (Å²) in [5, 5.41) is 3.66. The lowest BCUT2D eigenvalue weighted by Gasteiger charge is -2.26. The number of nitrogens with one attached hydrogen (secondary N) is 1. The van der Waals surface area contributed by atoms with Crippen molar-refractivity contribution in [2.75, 3.05) is 18.9 Å². The van der Waals surface area contributed by atoms with Crippen molar-refractivity contribution in [1.29, 1.82) is 0 Å². The highest BCUT2D eigenvalue weighted by atomic mass is 35.5. The molecule has 0 aliphatic carbocycles. The number of carbonyl (C=O) groups excluding carboxylic acids is 1. The lowest BCUT2D eigenvalue weighted by molar-refractivity contribution is -0.114. The van der Waals surface area contributed by atoms with Crippen LogP contribution in [0.25, 0.3) is 10.9 Å². The topological polar surface area (TPSA) is 58.1 Å². The smallest absolute Gasteiger partial charge is 0.165 e. The summed E-state index contributed by atoms with van der Waals surface area (Å²) in [6.07, 6.45) is 4.95. The van der Waals surface area contributed by atoms with Crippen LogP contribution in [0, 0.1) is 17.7 Å². The fourth-order valence-electron chi connectivity index (χ4n) is 3.96. The number of benzene rings is 2. The van der Waals surface area contributed by atoms with Crippen LogP contribution in [0.3, 0.4) is 0 Å². The van der Waals surface area contributed by atoms with Gasteiger partial charge in [0, 0.05) is 17.4 Å². The van der Waals surface area contributed by atoms with Crippen LogP contribution >= 0.6 is 11.6 Å². The van der Waals surface area contributed by atoms with Crippen LogP contribution in [0.2, 0.25) is 5.02 Å². The Morgan fingerprint density at radius 1 is 1.39 bits per heavy atom. The van der Waals surface area contributed by atoms with Gasteiger partial charge in [-0.25, -0.2) is 14.4 Å². The molecule has 0 unspecified atom stereocenters. The average Bonchev–Trinajstić information content (AvgIpc) is 3.14. The second-order valence-corrected chi connectivity index (χ2v) is 8.78. The van der Waals surface area contributed by atoms with E-state index in [0.29, 0.717) is 16.7 Å². The van der Waals surface area contributed by atoms with Crippen molar-refractivity contribution >= 4 is 39.8 Å². The van der Waals surface area contributed by atoms with Crippen LogP contribution in [-0.4, -0.2) is 39.8 Å². The molecule has 1 N–H and O–H groups in total. The summed E-state index contributed by atoms with van der Waals surface area (Å²) in [6, 6.07) is 8.40. The van der Waals surface area contributed by atoms with Gasteiger partial charge in [0.15, 0.2) is 11.6 Å². The first kappa shape index (κ1) is 22.9. The van der Waals surface area contributed by atoms with Crippen LogP contribution in [-0.2, 0) is 11.2 Å². The van der Waals surface area contributed by atoms with E-state index < -0.39 is 5.82 Å². The van der Waals surface area contributed by atoms with E-state index in [0.717, 1.165) is 30.5 Å². The van der Waals surface area contributed by atoms with Gasteiger partial charge in [-0.1, -0.05) is 36.1 Å². The van der Waals surface area contributed by atoms with Crippen LogP contribution in [0.15, 0.2) is 49.3 Å². The van der Waals surface area contributed by atoms with Gasteiger partial charge in [-0.05, 0) is 69.3 Å². The second-order valence-electron chi connectivity index (χ2n) is 8.37. The number of anilines is 2. The summed E-state index contributed by atoms with van der Waals surface area (Å²) >= 11 is 5.91. The minimum atomic E-state index is -0.565.